The van der Waals surface area contributed by atoms with Crippen LogP contribution in [0.1, 0.15) is 31.2 Å². The number of rotatable bonds is 11. The number of ether oxygens (including phenoxy) is 2. The van der Waals surface area contributed by atoms with E-state index in [1.165, 1.54) is 36.8 Å². The van der Waals surface area contributed by atoms with Gasteiger partial charge in [0.2, 0.25) is 10.0 Å². The molecule has 2 aromatic carbocycles. The molecule has 0 aliphatic heterocycles. The van der Waals surface area contributed by atoms with Crippen molar-refractivity contribution in [2.45, 2.75) is 61.5 Å². The van der Waals surface area contributed by atoms with E-state index in [-0.39, 0.29) is 28.9 Å². The van der Waals surface area contributed by atoms with Crippen molar-refractivity contribution in [1.82, 2.24) is 10.0 Å². The number of nitrogens with two attached hydrogens (primary N) is 1. The summed E-state index contributed by atoms with van der Waals surface area (Å²) in [5, 5.41) is 14.1. The van der Waals surface area contributed by atoms with Crippen molar-refractivity contribution in [3.05, 3.63) is 78.8 Å². The van der Waals surface area contributed by atoms with Gasteiger partial charge >= 0.3 is 6.09 Å². The molecule has 0 bridgehead atoms. The van der Waals surface area contributed by atoms with E-state index in [0.717, 1.165) is 31.2 Å². The molecule has 1 saturated carbocycles. The molecule has 1 amide bonds. The zero-order valence-corrected chi connectivity index (χ0v) is 21.0. The van der Waals surface area contributed by atoms with Crippen LogP contribution in [-0.2, 0) is 21.2 Å². The van der Waals surface area contributed by atoms with Gasteiger partial charge in [0.1, 0.15) is 18.6 Å². The number of sulfonamides is 1. The monoisotopic (exact) mass is 529 g/mol. The van der Waals surface area contributed by atoms with Gasteiger partial charge in [-0.1, -0.05) is 49.2 Å². The molecule has 0 spiro atoms. The normalized spacial score (nSPS) is 16.7. The average molecular weight is 530 g/mol. The highest BCUT2D eigenvalue weighted by atomic mass is 32.2. The lowest BCUT2D eigenvalue weighted by molar-refractivity contribution is -0.0895. The van der Waals surface area contributed by atoms with Crippen molar-refractivity contribution in [3.63, 3.8) is 0 Å². The van der Waals surface area contributed by atoms with E-state index in [0.29, 0.717) is 0 Å². The molecule has 11 heteroatoms. The summed E-state index contributed by atoms with van der Waals surface area (Å²) in [5.41, 5.74) is 6.87. The van der Waals surface area contributed by atoms with Crippen LogP contribution < -0.4 is 20.5 Å². The number of carbonyl (C=O) groups is 1. The van der Waals surface area contributed by atoms with Crippen LogP contribution in [0.4, 0.5) is 10.5 Å². The van der Waals surface area contributed by atoms with E-state index in [9.17, 15) is 18.3 Å². The molecule has 5 N–H and O–H groups in total. The van der Waals surface area contributed by atoms with Gasteiger partial charge in [0, 0.05) is 11.8 Å². The Bertz CT molecular complexity index is 1250. The van der Waals surface area contributed by atoms with Crippen molar-refractivity contribution >= 4 is 21.8 Å². The van der Waals surface area contributed by atoms with Gasteiger partial charge in [-0.3, -0.25) is 0 Å². The smallest absolute Gasteiger partial charge is 0.413 e. The zero-order chi connectivity index (χ0) is 26.3. The molecule has 3 atom stereocenters. The molecule has 1 fully saturated rings. The Hall–Kier alpha value is -3.38. The first kappa shape index (κ1) is 26.7. The van der Waals surface area contributed by atoms with Gasteiger partial charge in [-0.2, -0.15) is 4.72 Å². The topological polar surface area (TPSA) is 153 Å². The van der Waals surface area contributed by atoms with Crippen LogP contribution in [0.3, 0.4) is 0 Å². The maximum atomic E-state index is 13.2. The van der Waals surface area contributed by atoms with Gasteiger partial charge in [-0.15, -0.1) is 0 Å². The lowest BCUT2D eigenvalue weighted by Gasteiger charge is -2.32. The minimum atomic E-state index is -4.12. The predicted molar refractivity (Wildman–Crippen MR) is 136 cm³/mol. The first-order valence-electron chi connectivity index (χ1n) is 12.1. The fourth-order valence-corrected chi connectivity index (χ4v) is 5.43. The van der Waals surface area contributed by atoms with Crippen molar-refractivity contribution in [1.29, 1.82) is 0 Å². The highest BCUT2D eigenvalue weighted by molar-refractivity contribution is 7.89. The van der Waals surface area contributed by atoms with Crippen molar-refractivity contribution in [2.24, 2.45) is 0 Å². The van der Waals surface area contributed by atoms with Crippen LogP contribution in [0, 0.1) is 0 Å². The molecule has 198 valence electrons. The lowest BCUT2D eigenvalue weighted by Crippen LogP contribution is -2.57. The van der Waals surface area contributed by atoms with E-state index in [1.54, 1.807) is 6.07 Å². The summed E-state index contributed by atoms with van der Waals surface area (Å²) in [5.74, 6) is 0.187. The summed E-state index contributed by atoms with van der Waals surface area (Å²) < 4.78 is 45.1. The number of aliphatic hydroxyl groups excluding tert-OH is 1. The molecule has 0 saturated heterocycles. The number of carbonyl (C=O) groups excluding carboxylic acids is 1. The second-order valence-electron chi connectivity index (χ2n) is 8.94. The quantitative estimate of drug-likeness (QED) is 0.218. The van der Waals surface area contributed by atoms with Crippen LogP contribution >= 0.6 is 0 Å². The van der Waals surface area contributed by atoms with Crippen LogP contribution in [-0.4, -0.2) is 44.1 Å². The van der Waals surface area contributed by atoms with Gasteiger partial charge in [0.15, 0.2) is 5.75 Å². The van der Waals surface area contributed by atoms with Crippen molar-refractivity contribution in [3.8, 4) is 5.75 Å². The minimum Gasteiger partial charge on any atom is -0.469 e. The predicted octanol–water partition coefficient (Wildman–Crippen LogP) is 3.19. The number of furan rings is 1. The third-order valence-corrected chi connectivity index (χ3v) is 7.53. The average Bonchev–Trinajstić information content (AvgIpc) is 3.58. The highest BCUT2D eigenvalue weighted by Crippen LogP contribution is 2.25. The Balaban J connectivity index is 1.59. The molecule has 10 nitrogen and oxygen atoms in total. The van der Waals surface area contributed by atoms with Gasteiger partial charge in [-0.05, 0) is 43.0 Å². The summed E-state index contributed by atoms with van der Waals surface area (Å²) in [6, 6.07) is 15.5. The maximum Gasteiger partial charge on any atom is 0.413 e. The number of aliphatic hydroxyl groups is 1. The Morgan fingerprint density at radius 1 is 1.11 bits per heavy atom. The van der Waals surface area contributed by atoms with Gasteiger partial charge < -0.3 is 30.0 Å². The summed E-state index contributed by atoms with van der Waals surface area (Å²) in [6.07, 6.45) is 2.28. The minimum absolute atomic E-state index is 0.0633. The molecule has 0 radical (unpaired) electrons. The third kappa shape index (κ3) is 7.56. The van der Waals surface area contributed by atoms with Crippen LogP contribution in [0.2, 0.25) is 0 Å². The number of nitrogens with one attached hydrogen (secondary N) is 2. The molecular weight excluding hydrogens is 498 g/mol. The number of nitrogen functional groups attached to an aromatic ring is 1. The molecule has 1 aliphatic carbocycles. The van der Waals surface area contributed by atoms with Crippen LogP contribution in [0.25, 0.3) is 0 Å². The highest BCUT2D eigenvalue weighted by Gasteiger charge is 2.36. The Kier molecular flexibility index (Phi) is 8.82. The summed E-state index contributed by atoms with van der Waals surface area (Å²) >= 11 is 0. The molecule has 4 rings (SSSR count). The largest absolute Gasteiger partial charge is 0.469 e. The Morgan fingerprint density at radius 3 is 2.54 bits per heavy atom. The van der Waals surface area contributed by atoms with Crippen molar-refractivity contribution in [2.75, 3.05) is 5.73 Å². The maximum absolute atomic E-state index is 13.2. The first-order valence-corrected chi connectivity index (χ1v) is 13.5. The molecular formula is C26H31N3O7S. The van der Waals surface area contributed by atoms with Crippen LogP contribution in [0.15, 0.2) is 82.5 Å². The van der Waals surface area contributed by atoms with E-state index >= 15 is 0 Å². The van der Waals surface area contributed by atoms with Crippen LogP contribution in [0.5, 0.6) is 5.75 Å². The van der Waals surface area contributed by atoms with E-state index in [4.69, 9.17) is 19.6 Å². The van der Waals surface area contributed by atoms with Gasteiger partial charge in [0.25, 0.3) is 0 Å². The molecule has 1 aromatic heterocycles. The molecule has 1 unspecified atom stereocenters. The fourth-order valence-electron chi connectivity index (χ4n) is 4.25. The lowest BCUT2D eigenvalue weighted by atomic mass is 10.0. The number of amides is 1. The fraction of sp³-hybridized carbons (Fsp3) is 0.346. The zero-order valence-electron chi connectivity index (χ0n) is 20.2. The number of hydrogen-bond donors (Lipinski definition) is 4. The number of benzene rings is 2. The van der Waals surface area contributed by atoms with Crippen molar-refractivity contribution < 1.29 is 32.2 Å². The number of hydrogen-bond acceptors (Lipinski definition) is 8. The summed E-state index contributed by atoms with van der Waals surface area (Å²) in [6.45, 7) is 0. The molecule has 37 heavy (non-hydrogen) atoms. The van der Waals surface area contributed by atoms with Gasteiger partial charge in [-0.25, -0.2) is 13.2 Å². The van der Waals surface area contributed by atoms with E-state index in [2.05, 4.69) is 10.0 Å². The third-order valence-electron chi connectivity index (χ3n) is 6.11. The summed E-state index contributed by atoms with van der Waals surface area (Å²) in [7, 11) is -4.12. The van der Waals surface area contributed by atoms with E-state index < -0.39 is 34.5 Å². The second-order valence-corrected chi connectivity index (χ2v) is 10.7. The molecule has 3 aromatic rings. The Labute approximate surface area is 215 Å². The molecule has 1 heterocycles. The summed E-state index contributed by atoms with van der Waals surface area (Å²) in [4.78, 5) is 12.6. The first-order chi connectivity index (χ1) is 17.8. The van der Waals surface area contributed by atoms with E-state index in [1.807, 2.05) is 30.3 Å². The Morgan fingerprint density at radius 2 is 1.86 bits per heavy atom. The second kappa shape index (κ2) is 12.2. The SMILES string of the molecule is Nc1cccc(S(=O)(=O)NC(OC2CCCC2)[C@H](O)[C@H](Cc2ccccc2)NC(=O)Oc2ccoc2)c1. The number of anilines is 1. The standard InChI is InChI=1S/C26H31N3O7S/c27-19-9-6-12-22(16-19)37(32,33)29-25(35-20-10-4-5-11-20)24(30)23(15-18-7-2-1-3-8-18)28-26(31)36-21-13-14-34-17-21/h1-3,6-9,12-14,16-17,20,23-25,29-30H,4-5,10-11,15,27H2,(H,28,31)/t23-,24+,25?/m0/s1. The molecule has 1 aliphatic rings. The van der Waals surface area contributed by atoms with Gasteiger partial charge in [0.05, 0.1) is 23.3 Å².